The van der Waals surface area contributed by atoms with Gasteiger partial charge in [-0.05, 0) is 22.6 Å². The number of nitro groups is 2. The lowest BCUT2D eigenvalue weighted by Crippen LogP contribution is -2.20. The number of para-hydroxylation sites is 1. The molecule has 0 heterocycles. The van der Waals surface area contributed by atoms with Gasteiger partial charge in [0, 0.05) is 29.3 Å². The fourth-order valence-electron chi connectivity index (χ4n) is 2.03. The molecule has 0 aliphatic carbocycles. The van der Waals surface area contributed by atoms with E-state index in [0.29, 0.717) is 0 Å². The van der Waals surface area contributed by atoms with Crippen LogP contribution >= 0.6 is 22.6 Å². The van der Waals surface area contributed by atoms with Crippen LogP contribution in [0.1, 0.15) is 11.1 Å². The summed E-state index contributed by atoms with van der Waals surface area (Å²) in [5.41, 5.74) is 2.02. The summed E-state index contributed by atoms with van der Waals surface area (Å²) in [6, 6.07) is 8.10. The average molecular weight is 470 g/mol. The molecule has 0 fully saturated rings. The summed E-state index contributed by atoms with van der Waals surface area (Å²) < 4.78 is 0.254. The SMILES string of the molecule is O=C(Cc1ccccc1[N+](=O)[O-])NN=Cc1cc([N+](=O)[O-])cc(I)c1O. The number of hydrogen-bond donors (Lipinski definition) is 2. The molecule has 0 saturated heterocycles. The Morgan fingerprint density at radius 3 is 2.58 bits per heavy atom. The van der Waals surface area contributed by atoms with Crippen LogP contribution in [0.4, 0.5) is 11.4 Å². The Bertz CT molecular complexity index is 915. The predicted octanol–water partition coefficient (Wildman–Crippen LogP) is 2.51. The minimum Gasteiger partial charge on any atom is -0.506 e. The molecule has 1 amide bonds. The van der Waals surface area contributed by atoms with E-state index < -0.39 is 15.8 Å². The summed E-state index contributed by atoms with van der Waals surface area (Å²) in [4.78, 5) is 32.4. The van der Waals surface area contributed by atoms with E-state index in [1.54, 1.807) is 28.7 Å². The molecule has 0 bridgehead atoms. The van der Waals surface area contributed by atoms with Crippen molar-refractivity contribution < 1.29 is 19.7 Å². The van der Waals surface area contributed by atoms with E-state index in [1.165, 1.54) is 24.3 Å². The molecule has 0 aliphatic heterocycles. The molecule has 2 aromatic carbocycles. The van der Waals surface area contributed by atoms with Crippen molar-refractivity contribution in [3.05, 3.63) is 71.3 Å². The third-order valence-corrected chi connectivity index (χ3v) is 4.04. The van der Waals surface area contributed by atoms with Gasteiger partial charge in [-0.15, -0.1) is 0 Å². The van der Waals surface area contributed by atoms with Gasteiger partial charge in [0.25, 0.3) is 11.4 Å². The number of benzene rings is 2. The average Bonchev–Trinajstić information content (AvgIpc) is 2.58. The van der Waals surface area contributed by atoms with Crippen LogP contribution in [0.15, 0.2) is 41.5 Å². The Morgan fingerprint density at radius 1 is 1.23 bits per heavy atom. The summed E-state index contributed by atoms with van der Waals surface area (Å²) in [6.45, 7) is 0. The smallest absolute Gasteiger partial charge is 0.273 e. The summed E-state index contributed by atoms with van der Waals surface area (Å²) in [7, 11) is 0. The molecule has 0 spiro atoms. The van der Waals surface area contributed by atoms with E-state index in [-0.39, 0.29) is 38.2 Å². The Balaban J connectivity index is 2.11. The number of carbonyl (C=O) groups excluding carboxylic acids is 1. The van der Waals surface area contributed by atoms with Crippen molar-refractivity contribution in [2.24, 2.45) is 5.10 Å². The van der Waals surface area contributed by atoms with Crippen molar-refractivity contribution in [3.63, 3.8) is 0 Å². The van der Waals surface area contributed by atoms with E-state index >= 15 is 0 Å². The van der Waals surface area contributed by atoms with Crippen LogP contribution in [0.3, 0.4) is 0 Å². The molecule has 2 aromatic rings. The molecule has 0 saturated carbocycles. The van der Waals surface area contributed by atoms with Gasteiger partial charge in [0.2, 0.25) is 5.91 Å². The molecule has 134 valence electrons. The Morgan fingerprint density at radius 2 is 1.92 bits per heavy atom. The van der Waals surface area contributed by atoms with Crippen molar-refractivity contribution in [2.75, 3.05) is 0 Å². The van der Waals surface area contributed by atoms with Crippen molar-refractivity contribution in [2.45, 2.75) is 6.42 Å². The summed E-state index contributed by atoms with van der Waals surface area (Å²) >= 11 is 1.73. The Hall–Kier alpha value is -3.09. The summed E-state index contributed by atoms with van der Waals surface area (Å²) in [5.74, 6) is -0.830. The molecular formula is C15H11IN4O6. The van der Waals surface area contributed by atoms with Gasteiger partial charge in [-0.3, -0.25) is 25.0 Å². The molecule has 10 nitrogen and oxygen atoms in total. The number of nitrogens with zero attached hydrogens (tertiary/aromatic N) is 3. The lowest BCUT2D eigenvalue weighted by Gasteiger charge is -2.03. The monoisotopic (exact) mass is 470 g/mol. The van der Waals surface area contributed by atoms with Gasteiger partial charge >= 0.3 is 0 Å². The second-order valence-corrected chi connectivity index (χ2v) is 6.14. The minimum absolute atomic E-state index is 0.0505. The fraction of sp³-hybridized carbons (Fsp3) is 0.0667. The first-order chi connectivity index (χ1) is 12.3. The highest BCUT2D eigenvalue weighted by Gasteiger charge is 2.16. The van der Waals surface area contributed by atoms with E-state index in [9.17, 15) is 30.1 Å². The van der Waals surface area contributed by atoms with Crippen LogP contribution < -0.4 is 5.43 Å². The van der Waals surface area contributed by atoms with Gasteiger partial charge in [-0.2, -0.15) is 5.10 Å². The van der Waals surface area contributed by atoms with Crippen molar-refractivity contribution in [1.82, 2.24) is 5.43 Å². The molecule has 0 aromatic heterocycles. The number of non-ortho nitro benzene ring substituents is 1. The first-order valence-electron chi connectivity index (χ1n) is 7.00. The van der Waals surface area contributed by atoms with E-state index in [1.807, 2.05) is 0 Å². The first-order valence-corrected chi connectivity index (χ1v) is 8.08. The number of hydrazone groups is 1. The van der Waals surface area contributed by atoms with Crippen LogP contribution in [0, 0.1) is 23.8 Å². The number of aromatic hydroxyl groups is 1. The van der Waals surface area contributed by atoms with Crippen molar-refractivity contribution >= 4 is 46.1 Å². The molecular weight excluding hydrogens is 459 g/mol. The van der Waals surface area contributed by atoms with Gasteiger partial charge < -0.3 is 5.11 Å². The zero-order chi connectivity index (χ0) is 19.3. The van der Waals surface area contributed by atoms with Crippen molar-refractivity contribution in [3.8, 4) is 5.75 Å². The van der Waals surface area contributed by atoms with Crippen LogP contribution in [0.5, 0.6) is 5.75 Å². The second kappa shape index (κ2) is 8.33. The number of nitrogens with one attached hydrogen (secondary N) is 1. The number of phenols is 1. The highest BCUT2D eigenvalue weighted by atomic mass is 127. The maximum absolute atomic E-state index is 11.9. The number of hydrogen-bond acceptors (Lipinski definition) is 7. The summed E-state index contributed by atoms with van der Waals surface area (Å²) in [5, 5.41) is 35.3. The van der Waals surface area contributed by atoms with Gasteiger partial charge in [-0.25, -0.2) is 5.43 Å². The zero-order valence-electron chi connectivity index (χ0n) is 13.0. The largest absolute Gasteiger partial charge is 0.506 e. The molecule has 2 N–H and O–H groups in total. The lowest BCUT2D eigenvalue weighted by atomic mass is 10.1. The first kappa shape index (κ1) is 19.2. The third-order valence-electron chi connectivity index (χ3n) is 3.22. The number of carbonyl (C=O) groups is 1. The summed E-state index contributed by atoms with van der Waals surface area (Å²) in [6.07, 6.45) is 0.786. The van der Waals surface area contributed by atoms with Crippen LogP contribution in [-0.2, 0) is 11.2 Å². The third kappa shape index (κ3) is 4.72. The standard InChI is InChI=1S/C15H11IN4O6/c16-12-7-11(19(23)24)5-10(15(12)22)8-17-18-14(21)6-9-3-1-2-4-13(9)20(25)26/h1-5,7-8,22H,6H2,(H,18,21). The van der Waals surface area contributed by atoms with Gasteiger partial charge in [0.15, 0.2) is 0 Å². The Kier molecular flexibility index (Phi) is 6.16. The van der Waals surface area contributed by atoms with Crippen LogP contribution in [-0.4, -0.2) is 27.1 Å². The van der Waals surface area contributed by atoms with Gasteiger partial charge in [-0.1, -0.05) is 18.2 Å². The second-order valence-electron chi connectivity index (χ2n) is 4.98. The molecule has 11 heteroatoms. The molecule has 0 atom stereocenters. The maximum atomic E-state index is 11.9. The normalized spacial score (nSPS) is 10.7. The quantitative estimate of drug-likeness (QED) is 0.287. The highest BCUT2D eigenvalue weighted by Crippen LogP contribution is 2.28. The number of rotatable bonds is 6. The predicted molar refractivity (Wildman–Crippen MR) is 100 cm³/mol. The molecule has 0 aliphatic rings. The number of phenolic OH excluding ortho intramolecular Hbond substituents is 1. The van der Waals surface area contributed by atoms with Crippen LogP contribution in [0.2, 0.25) is 0 Å². The van der Waals surface area contributed by atoms with Gasteiger partial charge in [0.1, 0.15) is 5.75 Å². The number of amides is 1. The molecule has 0 unspecified atom stereocenters. The van der Waals surface area contributed by atoms with Gasteiger partial charge in [0.05, 0.1) is 26.1 Å². The van der Waals surface area contributed by atoms with E-state index in [4.69, 9.17) is 0 Å². The van der Waals surface area contributed by atoms with E-state index in [2.05, 4.69) is 10.5 Å². The number of halogens is 1. The molecule has 2 rings (SSSR count). The minimum atomic E-state index is -0.619. The number of nitro benzene ring substituents is 2. The fourth-order valence-corrected chi connectivity index (χ4v) is 2.66. The maximum Gasteiger partial charge on any atom is 0.273 e. The lowest BCUT2D eigenvalue weighted by molar-refractivity contribution is -0.385. The topological polar surface area (TPSA) is 148 Å². The van der Waals surface area contributed by atoms with Crippen LogP contribution in [0.25, 0.3) is 0 Å². The zero-order valence-corrected chi connectivity index (χ0v) is 15.1. The van der Waals surface area contributed by atoms with E-state index in [0.717, 1.165) is 12.3 Å². The highest BCUT2D eigenvalue weighted by molar-refractivity contribution is 14.1. The van der Waals surface area contributed by atoms with Crippen molar-refractivity contribution in [1.29, 1.82) is 0 Å². The molecule has 26 heavy (non-hydrogen) atoms. The molecule has 0 radical (unpaired) electrons. The Labute approximate surface area is 160 Å².